The van der Waals surface area contributed by atoms with Crippen LogP contribution in [0.15, 0.2) is 0 Å². The van der Waals surface area contributed by atoms with Crippen LogP contribution in [0.25, 0.3) is 0 Å². The van der Waals surface area contributed by atoms with Gasteiger partial charge in [0.2, 0.25) is 5.91 Å². The predicted octanol–water partition coefficient (Wildman–Crippen LogP) is 2.01. The summed E-state index contributed by atoms with van der Waals surface area (Å²) in [6.45, 7) is 6.98. The van der Waals surface area contributed by atoms with Crippen LogP contribution in [0.4, 0.5) is 0 Å². The molecular weight excluding hydrogens is 200 g/mol. The van der Waals surface area contributed by atoms with Crippen molar-refractivity contribution in [2.75, 3.05) is 19.6 Å². The van der Waals surface area contributed by atoms with Crippen molar-refractivity contribution < 1.29 is 4.79 Å². The number of amides is 1. The van der Waals surface area contributed by atoms with Gasteiger partial charge in [-0.05, 0) is 44.1 Å². The van der Waals surface area contributed by atoms with E-state index in [0.717, 1.165) is 38.9 Å². The molecule has 1 heterocycles. The van der Waals surface area contributed by atoms with Crippen LogP contribution < -0.4 is 5.73 Å². The first-order valence-electron chi connectivity index (χ1n) is 6.61. The van der Waals surface area contributed by atoms with E-state index in [4.69, 9.17) is 5.73 Å². The molecule has 1 amide bonds. The van der Waals surface area contributed by atoms with E-state index in [9.17, 15) is 4.79 Å². The van der Waals surface area contributed by atoms with Gasteiger partial charge in [-0.15, -0.1) is 0 Å². The maximum absolute atomic E-state index is 11.9. The van der Waals surface area contributed by atoms with Crippen molar-refractivity contribution in [2.45, 2.75) is 46.0 Å². The lowest BCUT2D eigenvalue weighted by molar-refractivity contribution is -0.133. The first-order valence-corrected chi connectivity index (χ1v) is 6.61. The molecule has 16 heavy (non-hydrogen) atoms. The van der Waals surface area contributed by atoms with Gasteiger partial charge in [0.15, 0.2) is 0 Å². The maximum Gasteiger partial charge on any atom is 0.222 e. The van der Waals surface area contributed by atoms with E-state index < -0.39 is 0 Å². The van der Waals surface area contributed by atoms with Gasteiger partial charge in [-0.1, -0.05) is 13.8 Å². The van der Waals surface area contributed by atoms with Gasteiger partial charge in [-0.2, -0.15) is 0 Å². The fourth-order valence-corrected chi connectivity index (χ4v) is 2.33. The fourth-order valence-electron chi connectivity index (χ4n) is 2.33. The number of hydrogen-bond acceptors (Lipinski definition) is 2. The molecule has 0 aliphatic carbocycles. The Hall–Kier alpha value is -0.570. The van der Waals surface area contributed by atoms with Crippen LogP contribution in [0.3, 0.4) is 0 Å². The van der Waals surface area contributed by atoms with Crippen LogP contribution in [0.1, 0.15) is 46.0 Å². The van der Waals surface area contributed by atoms with Gasteiger partial charge >= 0.3 is 0 Å². The van der Waals surface area contributed by atoms with Gasteiger partial charge in [0.1, 0.15) is 0 Å². The number of likely N-dealkylation sites (tertiary alicyclic amines) is 1. The Morgan fingerprint density at radius 3 is 2.88 bits per heavy atom. The maximum atomic E-state index is 11.9. The van der Waals surface area contributed by atoms with Crippen molar-refractivity contribution in [1.29, 1.82) is 0 Å². The molecule has 1 unspecified atom stereocenters. The zero-order valence-corrected chi connectivity index (χ0v) is 10.7. The second-order valence-electron chi connectivity index (χ2n) is 5.36. The first-order chi connectivity index (χ1) is 7.63. The number of nitrogens with zero attached hydrogens (tertiary/aromatic N) is 1. The lowest BCUT2D eigenvalue weighted by Crippen LogP contribution is -2.40. The summed E-state index contributed by atoms with van der Waals surface area (Å²) in [5, 5.41) is 0. The Labute approximate surface area is 99.4 Å². The fraction of sp³-hybridized carbons (Fsp3) is 0.923. The minimum atomic E-state index is 0.343. The molecule has 0 saturated carbocycles. The highest BCUT2D eigenvalue weighted by Gasteiger charge is 2.22. The average molecular weight is 226 g/mol. The highest BCUT2D eigenvalue weighted by atomic mass is 16.2. The van der Waals surface area contributed by atoms with Crippen molar-refractivity contribution in [2.24, 2.45) is 17.6 Å². The quantitative estimate of drug-likeness (QED) is 0.779. The number of nitrogens with two attached hydrogens (primary N) is 1. The number of carbonyl (C=O) groups excluding carboxylic acids is 1. The van der Waals surface area contributed by atoms with Crippen molar-refractivity contribution >= 4 is 5.91 Å². The normalized spacial score (nSPS) is 21.5. The summed E-state index contributed by atoms with van der Waals surface area (Å²) in [7, 11) is 0. The summed E-state index contributed by atoms with van der Waals surface area (Å²) < 4.78 is 0. The zero-order chi connectivity index (χ0) is 12.0. The van der Waals surface area contributed by atoms with E-state index in [1.165, 1.54) is 6.42 Å². The van der Waals surface area contributed by atoms with Crippen LogP contribution in [0.5, 0.6) is 0 Å². The van der Waals surface area contributed by atoms with E-state index >= 15 is 0 Å². The third kappa shape index (κ3) is 4.52. The Bertz CT molecular complexity index is 214. The Morgan fingerprint density at radius 2 is 2.25 bits per heavy atom. The van der Waals surface area contributed by atoms with E-state index in [2.05, 4.69) is 13.8 Å². The van der Waals surface area contributed by atoms with Crippen LogP contribution in [-0.4, -0.2) is 30.4 Å². The summed E-state index contributed by atoms with van der Waals surface area (Å²) >= 11 is 0. The number of piperidine rings is 1. The molecular formula is C13H26N2O. The van der Waals surface area contributed by atoms with Crippen molar-refractivity contribution in [3.05, 3.63) is 0 Å². The average Bonchev–Trinajstić information content (AvgIpc) is 2.26. The van der Waals surface area contributed by atoms with Gasteiger partial charge in [0.05, 0.1) is 0 Å². The molecule has 0 aromatic rings. The van der Waals surface area contributed by atoms with E-state index in [0.29, 0.717) is 24.2 Å². The molecule has 3 heteroatoms. The third-order valence-corrected chi connectivity index (χ3v) is 3.38. The smallest absolute Gasteiger partial charge is 0.222 e. The SMILES string of the molecule is CC(C)CCC(=O)N1CCCC(CCN)C1. The zero-order valence-electron chi connectivity index (χ0n) is 10.7. The summed E-state index contributed by atoms with van der Waals surface area (Å²) in [6.07, 6.45) is 5.18. The molecule has 0 radical (unpaired) electrons. The Morgan fingerprint density at radius 1 is 1.50 bits per heavy atom. The van der Waals surface area contributed by atoms with E-state index in [1.54, 1.807) is 0 Å². The van der Waals surface area contributed by atoms with Crippen molar-refractivity contribution in [3.63, 3.8) is 0 Å². The van der Waals surface area contributed by atoms with Gasteiger partial charge in [-0.25, -0.2) is 0 Å². The molecule has 1 fully saturated rings. The molecule has 1 aliphatic heterocycles. The number of carbonyl (C=O) groups is 1. The molecule has 2 N–H and O–H groups in total. The topological polar surface area (TPSA) is 46.3 Å². The number of hydrogen-bond donors (Lipinski definition) is 1. The molecule has 0 aromatic heterocycles. The standard InChI is InChI=1S/C13H26N2O/c1-11(2)5-6-13(16)15-9-3-4-12(10-15)7-8-14/h11-12H,3-10,14H2,1-2H3. The Balaban J connectivity index is 2.32. The largest absolute Gasteiger partial charge is 0.342 e. The lowest BCUT2D eigenvalue weighted by atomic mass is 9.94. The molecule has 0 aromatic carbocycles. The molecule has 0 bridgehead atoms. The van der Waals surface area contributed by atoms with E-state index in [1.807, 2.05) is 4.90 Å². The van der Waals surface area contributed by atoms with Crippen molar-refractivity contribution in [3.8, 4) is 0 Å². The van der Waals surface area contributed by atoms with Crippen LogP contribution in [0, 0.1) is 11.8 Å². The van der Waals surface area contributed by atoms with Gasteiger partial charge in [0.25, 0.3) is 0 Å². The molecule has 1 aliphatic rings. The molecule has 0 spiro atoms. The van der Waals surface area contributed by atoms with Gasteiger partial charge in [-0.3, -0.25) is 4.79 Å². The highest BCUT2D eigenvalue weighted by Crippen LogP contribution is 2.20. The highest BCUT2D eigenvalue weighted by molar-refractivity contribution is 5.76. The summed E-state index contributed by atoms with van der Waals surface area (Å²) in [4.78, 5) is 14.0. The summed E-state index contributed by atoms with van der Waals surface area (Å²) in [6, 6.07) is 0. The van der Waals surface area contributed by atoms with Crippen LogP contribution in [0.2, 0.25) is 0 Å². The minimum Gasteiger partial charge on any atom is -0.342 e. The van der Waals surface area contributed by atoms with Gasteiger partial charge < -0.3 is 10.6 Å². The monoisotopic (exact) mass is 226 g/mol. The molecule has 1 atom stereocenters. The van der Waals surface area contributed by atoms with Crippen molar-refractivity contribution in [1.82, 2.24) is 4.90 Å². The predicted molar refractivity (Wildman–Crippen MR) is 67.0 cm³/mol. The minimum absolute atomic E-state index is 0.343. The third-order valence-electron chi connectivity index (χ3n) is 3.38. The summed E-state index contributed by atoms with van der Waals surface area (Å²) in [5.74, 6) is 1.60. The van der Waals surface area contributed by atoms with E-state index in [-0.39, 0.29) is 0 Å². The second-order valence-corrected chi connectivity index (χ2v) is 5.36. The van der Waals surface area contributed by atoms with Crippen LogP contribution >= 0.6 is 0 Å². The molecule has 1 rings (SSSR count). The summed E-state index contributed by atoms with van der Waals surface area (Å²) in [5.41, 5.74) is 5.58. The molecule has 3 nitrogen and oxygen atoms in total. The van der Waals surface area contributed by atoms with Gasteiger partial charge in [0, 0.05) is 19.5 Å². The van der Waals surface area contributed by atoms with Crippen LogP contribution in [-0.2, 0) is 4.79 Å². The molecule has 1 saturated heterocycles. The lowest BCUT2D eigenvalue weighted by Gasteiger charge is -2.33. The molecule has 94 valence electrons. The first kappa shape index (κ1) is 13.5. The Kier molecular flexibility index (Phi) is 5.81. The number of rotatable bonds is 5. The second kappa shape index (κ2) is 6.89.